The van der Waals surface area contributed by atoms with E-state index < -0.39 is 30.1 Å². The number of fused-ring (bicyclic) bond motifs is 6. The lowest BCUT2D eigenvalue weighted by Gasteiger charge is -2.16. The monoisotopic (exact) mass is 842 g/mol. The summed E-state index contributed by atoms with van der Waals surface area (Å²) in [7, 11) is -2.09. The van der Waals surface area contributed by atoms with E-state index in [1.807, 2.05) is 0 Å². The molecule has 0 bridgehead atoms. The first-order valence-corrected chi connectivity index (χ1v) is 27.8. The molecule has 0 nitrogen and oxygen atoms in total. The average molecular weight is 843 g/mol. The minimum atomic E-state index is -0.539. The Morgan fingerprint density at radius 2 is 0.424 bits per heavy atom. The molecule has 4 aromatic heterocycles. The van der Waals surface area contributed by atoms with Gasteiger partial charge in [-0.2, -0.15) is 0 Å². The van der Waals surface area contributed by atoms with E-state index in [0.29, 0.717) is 0 Å². The van der Waals surface area contributed by atoms with Crippen LogP contribution in [0.4, 0.5) is 0 Å². The van der Waals surface area contributed by atoms with Crippen molar-refractivity contribution in [2.45, 2.75) is 99.3 Å². The average Bonchev–Trinajstić information content (AvgIpc) is 3.85. The Balaban J connectivity index is 1.32. The molecule has 4 heteroatoms. The van der Waals surface area contributed by atoms with Crippen molar-refractivity contribution in [1.29, 1.82) is 0 Å². The highest BCUT2D eigenvalue weighted by atomic mass is 31.1. The molecular formula is C55H58P4. The first-order chi connectivity index (χ1) is 28.7. The van der Waals surface area contributed by atoms with Gasteiger partial charge in [0.15, 0.2) is 0 Å². The van der Waals surface area contributed by atoms with Crippen LogP contribution in [0.25, 0.3) is 64.6 Å². The van der Waals surface area contributed by atoms with Crippen LogP contribution in [0.3, 0.4) is 0 Å². The third-order valence-electron chi connectivity index (χ3n) is 13.7. The third kappa shape index (κ3) is 6.94. The van der Waals surface area contributed by atoms with Crippen molar-refractivity contribution in [1.82, 2.24) is 0 Å². The van der Waals surface area contributed by atoms with Gasteiger partial charge in [-0.15, -0.1) is 30.1 Å². The summed E-state index contributed by atoms with van der Waals surface area (Å²) in [5, 5.41) is 13.6. The van der Waals surface area contributed by atoms with Gasteiger partial charge in [0.1, 0.15) is 0 Å². The summed E-state index contributed by atoms with van der Waals surface area (Å²) in [6.45, 7) is 19.7. The minimum absolute atomic E-state index is 0.504. The zero-order valence-corrected chi connectivity index (χ0v) is 39.9. The molecule has 0 N–H and O–H groups in total. The number of rotatable bonds is 4. The summed E-state index contributed by atoms with van der Waals surface area (Å²) in [6, 6.07) is 46.0. The zero-order chi connectivity index (χ0) is 40.9. The fraction of sp³-hybridized carbons (Fsp3) is 0.273. The Kier molecular flexibility index (Phi) is 11.5. The largest absolute Gasteiger partial charge is 0.108 e. The van der Waals surface area contributed by atoms with Gasteiger partial charge in [0.25, 0.3) is 0 Å². The van der Waals surface area contributed by atoms with E-state index in [4.69, 9.17) is 0 Å². The van der Waals surface area contributed by atoms with Gasteiger partial charge in [-0.3, -0.25) is 0 Å². The molecule has 59 heavy (non-hydrogen) atoms. The van der Waals surface area contributed by atoms with Crippen LogP contribution in [0.2, 0.25) is 0 Å². The Bertz CT molecular complexity index is 2590. The van der Waals surface area contributed by atoms with Gasteiger partial charge < -0.3 is 0 Å². The van der Waals surface area contributed by atoms with Crippen LogP contribution in [-0.2, 0) is 24.6 Å². The maximum Gasteiger partial charge on any atom is 0.00922 e. The van der Waals surface area contributed by atoms with Gasteiger partial charge >= 0.3 is 0 Å². The highest BCUT2D eigenvalue weighted by molar-refractivity contribution is 7.62. The molecule has 4 aromatic carbocycles. The van der Waals surface area contributed by atoms with Crippen molar-refractivity contribution < 1.29 is 0 Å². The molecule has 1 aliphatic heterocycles. The van der Waals surface area contributed by atoms with Gasteiger partial charge in [-0.1, -0.05) is 121 Å². The molecule has 9 rings (SSSR count). The highest BCUT2D eigenvalue weighted by Crippen LogP contribution is 2.68. The van der Waals surface area contributed by atoms with Crippen LogP contribution in [0.5, 0.6) is 0 Å². The second kappa shape index (κ2) is 16.8. The molecule has 0 aliphatic carbocycles. The molecule has 0 saturated carbocycles. The second-order valence-corrected chi connectivity index (χ2v) is 25.7. The molecule has 0 radical (unpaired) electrons. The number of hydrogen-bond acceptors (Lipinski definition) is 0. The predicted octanol–water partition coefficient (Wildman–Crippen LogP) is 19.0. The lowest BCUT2D eigenvalue weighted by Crippen LogP contribution is -1.84. The quantitative estimate of drug-likeness (QED) is 0.166. The summed E-state index contributed by atoms with van der Waals surface area (Å²) in [5.41, 5.74) is 18.2. The lowest BCUT2D eigenvalue weighted by molar-refractivity contribution is 0.828. The van der Waals surface area contributed by atoms with Crippen molar-refractivity contribution in [3.8, 4) is 64.6 Å². The van der Waals surface area contributed by atoms with Crippen LogP contribution < -0.4 is 0 Å². The Hall–Kier alpha value is -4.00. The van der Waals surface area contributed by atoms with E-state index in [0.717, 1.165) is 0 Å². The first kappa shape index (κ1) is 40.4. The van der Waals surface area contributed by atoms with Crippen molar-refractivity contribution in [2.75, 3.05) is 0 Å². The number of hydrogen-bond donors (Lipinski definition) is 0. The van der Waals surface area contributed by atoms with E-state index in [1.54, 1.807) is 75.7 Å². The minimum Gasteiger partial charge on any atom is -0.108 e. The maximum absolute atomic E-state index is 2.48. The summed E-state index contributed by atoms with van der Waals surface area (Å²) in [4.78, 5) is 0. The van der Waals surface area contributed by atoms with Gasteiger partial charge in [0, 0.05) is 42.4 Å². The second-order valence-electron chi connectivity index (χ2n) is 16.9. The topological polar surface area (TPSA) is 0 Å². The summed E-state index contributed by atoms with van der Waals surface area (Å²) in [5.74, 6) is 0. The number of benzene rings is 4. The highest BCUT2D eigenvalue weighted by Gasteiger charge is 2.31. The van der Waals surface area contributed by atoms with Gasteiger partial charge in [-0.25, -0.2) is 0 Å². The van der Waals surface area contributed by atoms with Crippen LogP contribution >= 0.6 is 30.1 Å². The normalized spacial score (nSPS) is 14.5. The standard InChI is InChI=1S/C55H58P4/c1-36-40(5)52-54-42(7)38(3)50(46-28-17-11-18-29-46)58(54)34-23-35-59-51(47-30-19-12-20-31-47)39(4)43(8)55(59)53-41(6)37(2)49(45-26-15-10-16-27-45)57(53)33-22-21-32-56(52)48(36)44-24-13-9-14-25-44/h9-20,24-31H,21-23,32-35H2,1-8H3. The van der Waals surface area contributed by atoms with E-state index in [-0.39, 0.29) is 0 Å². The summed E-state index contributed by atoms with van der Waals surface area (Å²) < 4.78 is 0. The van der Waals surface area contributed by atoms with E-state index in [1.165, 1.54) is 77.3 Å². The smallest absolute Gasteiger partial charge is 0.00922 e. The van der Waals surface area contributed by atoms with Crippen molar-refractivity contribution in [3.63, 3.8) is 0 Å². The van der Waals surface area contributed by atoms with Gasteiger partial charge in [0.2, 0.25) is 0 Å². The summed E-state index contributed by atoms with van der Waals surface area (Å²) in [6.07, 6.45) is 8.79. The Labute approximate surface area is 358 Å². The lowest BCUT2D eigenvalue weighted by atomic mass is 10.0. The Morgan fingerprint density at radius 3 is 0.644 bits per heavy atom. The van der Waals surface area contributed by atoms with Gasteiger partial charge in [0.05, 0.1) is 0 Å². The molecule has 298 valence electrons. The molecule has 0 amide bonds. The molecule has 0 saturated heterocycles. The van der Waals surface area contributed by atoms with Crippen molar-refractivity contribution >= 4 is 30.1 Å². The van der Waals surface area contributed by atoms with Crippen molar-refractivity contribution in [3.05, 3.63) is 166 Å². The molecule has 8 aromatic rings. The van der Waals surface area contributed by atoms with E-state index in [2.05, 4.69) is 177 Å². The molecule has 4 atom stereocenters. The third-order valence-corrected chi connectivity index (χ3v) is 26.0. The van der Waals surface area contributed by atoms with Crippen LogP contribution in [-0.4, -0.2) is 0 Å². The summed E-state index contributed by atoms with van der Waals surface area (Å²) >= 11 is 0. The van der Waals surface area contributed by atoms with Crippen molar-refractivity contribution in [2.24, 2.45) is 0 Å². The molecule has 4 unspecified atom stereocenters. The SMILES string of the molecule is Cc1c(C)c2p(c1-c1ccccc1)CCCCp1c(-c3ccccc3)c(C)c(C)c1-c1c(C)c(C)c(-c3ccccc3)p1CCCp1c(-c3ccccc3)c(C)c(C)c1-2. The van der Waals surface area contributed by atoms with E-state index in [9.17, 15) is 0 Å². The molecule has 5 heterocycles. The van der Waals surface area contributed by atoms with E-state index >= 15 is 0 Å². The maximum atomic E-state index is 2.48. The van der Waals surface area contributed by atoms with Gasteiger partial charge in [-0.05, 0) is 166 Å². The fourth-order valence-corrected chi connectivity index (χ4v) is 24.9. The molecule has 1 aliphatic rings. The van der Waals surface area contributed by atoms with Crippen LogP contribution in [0.15, 0.2) is 121 Å². The molecule has 0 spiro atoms. The molecular weight excluding hydrogens is 785 g/mol. The first-order valence-electron chi connectivity index (χ1n) is 21.7. The molecule has 0 fully saturated rings. The van der Waals surface area contributed by atoms with Crippen LogP contribution in [0.1, 0.15) is 63.8 Å². The Morgan fingerprint density at radius 1 is 0.237 bits per heavy atom. The fourth-order valence-electron chi connectivity index (χ4n) is 10.4. The zero-order valence-electron chi connectivity index (χ0n) is 36.3. The van der Waals surface area contributed by atoms with Crippen LogP contribution in [0, 0.1) is 55.4 Å². The predicted molar refractivity (Wildman–Crippen MR) is 268 cm³/mol.